The molecule has 0 unspecified atom stereocenters. The van der Waals surface area contributed by atoms with E-state index in [0.717, 1.165) is 25.8 Å². The molecule has 0 bridgehead atoms. The van der Waals surface area contributed by atoms with Crippen LogP contribution in [0.5, 0.6) is 0 Å². The maximum Gasteiger partial charge on any atom is 0.330 e. The number of hydrogen-bond donors (Lipinski definition) is 1. The van der Waals surface area contributed by atoms with Gasteiger partial charge in [0.05, 0.1) is 12.0 Å². The largest absolute Gasteiger partial charge is 0.466 e. The Morgan fingerprint density at radius 2 is 2.19 bits per heavy atom. The number of nitro benzene ring substituents is 1. The molecule has 1 heterocycles. The molecule has 1 N–H and O–H groups in total. The monoisotopic (exact) mass is 375 g/mol. The molecule has 2 rings (SSSR count). The highest BCUT2D eigenvalue weighted by atomic mass is 16.6. The van der Waals surface area contributed by atoms with Crippen molar-refractivity contribution in [2.45, 2.75) is 32.1 Å². The molecule has 1 aromatic rings. The van der Waals surface area contributed by atoms with Crippen molar-refractivity contribution < 1.29 is 19.2 Å². The highest BCUT2D eigenvalue weighted by Gasteiger charge is 2.17. The minimum Gasteiger partial charge on any atom is -0.466 e. The normalized spacial score (nSPS) is 14.9. The van der Waals surface area contributed by atoms with E-state index in [1.54, 1.807) is 12.1 Å². The van der Waals surface area contributed by atoms with Gasteiger partial charge in [-0.2, -0.15) is 0 Å². The first-order valence-electron chi connectivity index (χ1n) is 9.07. The number of ether oxygens (including phenoxy) is 1. The van der Waals surface area contributed by atoms with Crippen LogP contribution in [0.1, 0.15) is 37.7 Å². The minimum atomic E-state index is -0.525. The average Bonchev–Trinajstić information content (AvgIpc) is 2.87. The standard InChI is InChI=1S/C19H25N3O5/c1-27-19(24)10-8-15-7-9-16(17(14-15)22(25)26)20-11-5-13-21-12-4-2-3-6-18(21)23/h7-10,14,20H,2-6,11-13H2,1H3/b10-8+. The van der Waals surface area contributed by atoms with Crippen LogP contribution in [-0.2, 0) is 14.3 Å². The van der Waals surface area contributed by atoms with E-state index >= 15 is 0 Å². The van der Waals surface area contributed by atoms with E-state index in [1.807, 2.05) is 4.90 Å². The summed E-state index contributed by atoms with van der Waals surface area (Å²) >= 11 is 0. The van der Waals surface area contributed by atoms with Gasteiger partial charge in [0.15, 0.2) is 0 Å². The molecule has 0 aromatic heterocycles. The van der Waals surface area contributed by atoms with E-state index in [4.69, 9.17) is 0 Å². The number of methoxy groups -OCH3 is 1. The molecule has 1 aromatic carbocycles. The van der Waals surface area contributed by atoms with Gasteiger partial charge >= 0.3 is 5.97 Å². The Labute approximate surface area is 158 Å². The van der Waals surface area contributed by atoms with Crippen LogP contribution in [0.4, 0.5) is 11.4 Å². The number of carbonyl (C=O) groups is 2. The third kappa shape index (κ3) is 6.40. The number of rotatable bonds is 8. The number of benzene rings is 1. The van der Waals surface area contributed by atoms with Crippen LogP contribution < -0.4 is 5.32 Å². The van der Waals surface area contributed by atoms with E-state index in [0.29, 0.717) is 37.2 Å². The lowest BCUT2D eigenvalue weighted by molar-refractivity contribution is -0.384. The summed E-state index contributed by atoms with van der Waals surface area (Å²) in [7, 11) is 1.27. The molecule has 27 heavy (non-hydrogen) atoms. The van der Waals surface area contributed by atoms with E-state index in [9.17, 15) is 19.7 Å². The first-order valence-corrected chi connectivity index (χ1v) is 9.07. The topological polar surface area (TPSA) is 102 Å². The molecule has 8 nitrogen and oxygen atoms in total. The summed E-state index contributed by atoms with van der Waals surface area (Å²) in [6.07, 6.45) is 7.08. The molecule has 1 fully saturated rings. The summed E-state index contributed by atoms with van der Waals surface area (Å²) in [4.78, 5) is 35.8. The van der Waals surface area contributed by atoms with Crippen LogP contribution in [0.15, 0.2) is 24.3 Å². The molecule has 0 aliphatic carbocycles. The maximum atomic E-state index is 12.0. The summed E-state index contributed by atoms with van der Waals surface area (Å²) in [5.41, 5.74) is 0.887. The number of nitro groups is 1. The molecule has 0 saturated carbocycles. The molecule has 8 heteroatoms. The van der Waals surface area contributed by atoms with Crippen LogP contribution in [0.3, 0.4) is 0 Å². The fraction of sp³-hybridized carbons (Fsp3) is 0.474. The molecule has 0 atom stereocenters. The minimum absolute atomic E-state index is 0.0622. The van der Waals surface area contributed by atoms with Crippen molar-refractivity contribution in [2.75, 3.05) is 32.1 Å². The summed E-state index contributed by atoms with van der Waals surface area (Å²) in [5.74, 6) is -0.330. The molecule has 146 valence electrons. The quantitative estimate of drug-likeness (QED) is 0.246. The van der Waals surface area contributed by atoms with Gasteiger partial charge in [0.25, 0.3) is 5.69 Å². The fourth-order valence-electron chi connectivity index (χ4n) is 2.95. The Kier molecular flexibility index (Phi) is 7.79. The Balaban J connectivity index is 1.93. The Hall–Kier alpha value is -2.90. The predicted molar refractivity (Wildman–Crippen MR) is 102 cm³/mol. The lowest BCUT2D eigenvalue weighted by atomic mass is 10.1. The molecule has 1 amide bonds. The van der Waals surface area contributed by atoms with Crippen molar-refractivity contribution in [3.8, 4) is 0 Å². The number of carbonyl (C=O) groups excluding carboxylic acids is 2. The first kappa shape index (κ1) is 20.4. The molecular formula is C19H25N3O5. The highest BCUT2D eigenvalue weighted by Crippen LogP contribution is 2.26. The molecular weight excluding hydrogens is 350 g/mol. The summed E-state index contributed by atoms with van der Waals surface area (Å²) in [5, 5.41) is 14.4. The van der Waals surface area contributed by atoms with Gasteiger partial charge < -0.3 is 15.0 Å². The van der Waals surface area contributed by atoms with Gasteiger partial charge in [-0.05, 0) is 37.0 Å². The zero-order valence-corrected chi connectivity index (χ0v) is 15.5. The number of hydrogen-bond acceptors (Lipinski definition) is 6. The van der Waals surface area contributed by atoms with E-state index in [-0.39, 0.29) is 11.6 Å². The molecule has 1 saturated heterocycles. The fourth-order valence-corrected chi connectivity index (χ4v) is 2.95. The molecule has 1 aliphatic heterocycles. The zero-order chi connectivity index (χ0) is 19.6. The second-order valence-corrected chi connectivity index (χ2v) is 6.36. The average molecular weight is 375 g/mol. The third-order valence-electron chi connectivity index (χ3n) is 4.42. The zero-order valence-electron chi connectivity index (χ0n) is 15.5. The Bertz CT molecular complexity index is 717. The summed E-state index contributed by atoms with van der Waals surface area (Å²) < 4.78 is 4.50. The van der Waals surface area contributed by atoms with Gasteiger partial charge in [0.1, 0.15) is 5.69 Å². The lowest BCUT2D eigenvalue weighted by Crippen LogP contribution is -2.32. The Morgan fingerprint density at radius 3 is 2.93 bits per heavy atom. The van der Waals surface area contributed by atoms with Gasteiger partial charge in [-0.15, -0.1) is 0 Å². The SMILES string of the molecule is COC(=O)/C=C/c1ccc(NCCCN2CCCCCC2=O)c([N+](=O)[O-])c1. The maximum absolute atomic E-state index is 12.0. The van der Waals surface area contributed by atoms with Gasteiger partial charge in [0.2, 0.25) is 5.91 Å². The third-order valence-corrected chi connectivity index (χ3v) is 4.42. The van der Waals surface area contributed by atoms with Crippen LogP contribution in [0, 0.1) is 10.1 Å². The van der Waals surface area contributed by atoms with Crippen molar-refractivity contribution in [3.63, 3.8) is 0 Å². The number of nitrogens with one attached hydrogen (secondary N) is 1. The van der Waals surface area contributed by atoms with E-state index in [1.165, 1.54) is 25.3 Å². The number of anilines is 1. The number of amides is 1. The molecule has 1 aliphatic rings. The molecule has 0 spiro atoms. The Morgan fingerprint density at radius 1 is 1.37 bits per heavy atom. The van der Waals surface area contributed by atoms with Crippen LogP contribution in [-0.4, -0.2) is 48.4 Å². The predicted octanol–water partition coefficient (Wildman–Crippen LogP) is 2.99. The second-order valence-electron chi connectivity index (χ2n) is 6.36. The smallest absolute Gasteiger partial charge is 0.330 e. The molecule has 0 radical (unpaired) electrons. The van der Waals surface area contributed by atoms with Gasteiger partial charge in [-0.3, -0.25) is 14.9 Å². The second kappa shape index (κ2) is 10.3. The van der Waals surface area contributed by atoms with Gasteiger partial charge in [0, 0.05) is 38.2 Å². The number of likely N-dealkylation sites (tertiary alicyclic amines) is 1. The summed E-state index contributed by atoms with van der Waals surface area (Å²) in [6, 6.07) is 4.71. The first-order chi connectivity index (χ1) is 13.0. The van der Waals surface area contributed by atoms with Gasteiger partial charge in [-0.1, -0.05) is 12.5 Å². The number of esters is 1. The van der Waals surface area contributed by atoms with Crippen LogP contribution >= 0.6 is 0 Å². The lowest BCUT2D eigenvalue weighted by Gasteiger charge is -2.20. The van der Waals surface area contributed by atoms with Crippen molar-refractivity contribution in [1.29, 1.82) is 0 Å². The van der Waals surface area contributed by atoms with Crippen molar-refractivity contribution >= 4 is 29.3 Å². The highest BCUT2D eigenvalue weighted by molar-refractivity contribution is 5.87. The van der Waals surface area contributed by atoms with Crippen LogP contribution in [0.25, 0.3) is 6.08 Å². The van der Waals surface area contributed by atoms with Crippen LogP contribution in [0.2, 0.25) is 0 Å². The van der Waals surface area contributed by atoms with E-state index in [2.05, 4.69) is 10.1 Å². The summed E-state index contributed by atoms with van der Waals surface area (Å²) in [6.45, 7) is 1.97. The van der Waals surface area contributed by atoms with Crippen molar-refractivity contribution in [2.24, 2.45) is 0 Å². The number of nitrogens with zero attached hydrogens (tertiary/aromatic N) is 2. The van der Waals surface area contributed by atoms with Crippen molar-refractivity contribution in [1.82, 2.24) is 4.90 Å². The van der Waals surface area contributed by atoms with Crippen molar-refractivity contribution in [3.05, 3.63) is 40.0 Å². The van der Waals surface area contributed by atoms with E-state index < -0.39 is 10.9 Å². The van der Waals surface area contributed by atoms with Gasteiger partial charge in [-0.25, -0.2) is 4.79 Å².